The number of hydrogen-bond donors (Lipinski definition) is 0. The topological polar surface area (TPSA) is 20.3 Å². The third-order valence-corrected chi connectivity index (χ3v) is 4.10. The van der Waals surface area contributed by atoms with E-state index in [2.05, 4.69) is 32.9 Å². The predicted molar refractivity (Wildman–Crippen MR) is 74.8 cm³/mol. The quantitative estimate of drug-likeness (QED) is 0.752. The highest BCUT2D eigenvalue weighted by Crippen LogP contribution is 2.29. The van der Waals surface area contributed by atoms with E-state index < -0.39 is 0 Å². The summed E-state index contributed by atoms with van der Waals surface area (Å²) < 4.78 is 0. The van der Waals surface area contributed by atoms with Crippen LogP contribution in [0.5, 0.6) is 0 Å². The molecule has 3 heteroatoms. The van der Waals surface area contributed by atoms with Crippen LogP contribution in [0.1, 0.15) is 30.5 Å². The Kier molecular flexibility index (Phi) is 5.06. The lowest BCUT2D eigenvalue weighted by Crippen LogP contribution is -2.26. The number of amides is 1. The molecule has 0 radical (unpaired) electrons. The van der Waals surface area contributed by atoms with Crippen LogP contribution in [0.2, 0.25) is 0 Å². The number of carbonyl (C=O) groups excluding carboxylic acids is 1. The molecule has 0 aliphatic rings. The number of rotatable bonds is 3. The van der Waals surface area contributed by atoms with Gasteiger partial charge >= 0.3 is 0 Å². The number of nitrogens with zero attached hydrogens (tertiary/aromatic N) is 1. The van der Waals surface area contributed by atoms with Gasteiger partial charge in [0.1, 0.15) is 0 Å². The zero-order chi connectivity index (χ0) is 13.0. The van der Waals surface area contributed by atoms with Crippen molar-refractivity contribution in [3.63, 3.8) is 0 Å². The normalized spacial score (nSPS) is 10.4. The molecule has 94 valence electrons. The third-order valence-electron chi connectivity index (χ3n) is 2.82. The molecule has 0 saturated carbocycles. The van der Waals surface area contributed by atoms with Gasteiger partial charge in [0.25, 0.3) is 5.24 Å². The summed E-state index contributed by atoms with van der Waals surface area (Å²) in [6.07, 6.45) is 0. The lowest BCUT2D eigenvalue weighted by atomic mass is 10.1. The Bertz CT molecular complexity index is 388. The first kappa shape index (κ1) is 14.1. The molecule has 1 rings (SSSR count). The lowest BCUT2D eigenvalue weighted by Gasteiger charge is -2.19. The summed E-state index contributed by atoms with van der Waals surface area (Å²) in [6.45, 7) is 11.8. The van der Waals surface area contributed by atoms with Gasteiger partial charge in [0.15, 0.2) is 0 Å². The number of thioether (sulfide) groups is 1. The zero-order valence-electron chi connectivity index (χ0n) is 11.3. The SMILES string of the molecule is CCN(CC)C(=O)Sc1c(C)cc(C)cc1C. The van der Waals surface area contributed by atoms with Crippen LogP contribution in [0.3, 0.4) is 0 Å². The number of aryl methyl sites for hydroxylation is 3. The standard InChI is InChI=1S/C14H21NOS/c1-6-15(7-2)14(16)17-13-11(4)8-10(3)9-12(13)5/h8-9H,6-7H2,1-5H3. The van der Waals surface area contributed by atoms with Crippen LogP contribution >= 0.6 is 11.8 Å². The van der Waals surface area contributed by atoms with Gasteiger partial charge in [0, 0.05) is 18.0 Å². The first-order chi connectivity index (χ1) is 7.99. The molecule has 0 bridgehead atoms. The minimum Gasteiger partial charge on any atom is -0.334 e. The largest absolute Gasteiger partial charge is 0.334 e. The fourth-order valence-corrected chi connectivity index (χ4v) is 2.96. The molecule has 1 amide bonds. The second-order valence-corrected chi connectivity index (χ2v) is 5.23. The van der Waals surface area contributed by atoms with Gasteiger partial charge in [-0.25, -0.2) is 0 Å². The molecule has 0 fully saturated rings. The Morgan fingerprint density at radius 1 is 1.12 bits per heavy atom. The van der Waals surface area contributed by atoms with Gasteiger partial charge in [-0.2, -0.15) is 0 Å². The van der Waals surface area contributed by atoms with Crippen LogP contribution < -0.4 is 0 Å². The molecule has 1 aromatic rings. The van der Waals surface area contributed by atoms with E-state index in [9.17, 15) is 4.79 Å². The van der Waals surface area contributed by atoms with E-state index in [4.69, 9.17) is 0 Å². The van der Waals surface area contributed by atoms with Gasteiger partial charge in [-0.3, -0.25) is 4.79 Å². The summed E-state index contributed by atoms with van der Waals surface area (Å²) in [6, 6.07) is 4.26. The summed E-state index contributed by atoms with van der Waals surface area (Å²) in [5.74, 6) is 0. The Balaban J connectivity index is 2.92. The number of benzene rings is 1. The van der Waals surface area contributed by atoms with Crippen molar-refractivity contribution in [3.8, 4) is 0 Å². The Hall–Kier alpha value is -0.960. The Morgan fingerprint density at radius 2 is 1.59 bits per heavy atom. The molecule has 2 nitrogen and oxygen atoms in total. The van der Waals surface area contributed by atoms with Crippen LogP contribution in [0.4, 0.5) is 4.79 Å². The van der Waals surface area contributed by atoms with E-state index in [-0.39, 0.29) is 5.24 Å². The molecular weight excluding hydrogens is 230 g/mol. The van der Waals surface area contributed by atoms with E-state index in [1.165, 1.54) is 28.5 Å². The van der Waals surface area contributed by atoms with E-state index >= 15 is 0 Å². The number of carbonyl (C=O) groups is 1. The molecule has 17 heavy (non-hydrogen) atoms. The highest BCUT2D eigenvalue weighted by Gasteiger charge is 2.14. The van der Waals surface area contributed by atoms with Crippen LogP contribution in [0.15, 0.2) is 17.0 Å². The van der Waals surface area contributed by atoms with Crippen molar-refractivity contribution in [1.82, 2.24) is 4.90 Å². The van der Waals surface area contributed by atoms with E-state index in [0.717, 1.165) is 18.0 Å². The summed E-state index contributed by atoms with van der Waals surface area (Å²) in [5, 5.41) is 0.144. The van der Waals surface area contributed by atoms with Crippen molar-refractivity contribution in [3.05, 3.63) is 28.8 Å². The van der Waals surface area contributed by atoms with E-state index in [1.54, 1.807) is 0 Å². The molecule has 0 spiro atoms. The molecule has 0 saturated heterocycles. The second kappa shape index (κ2) is 6.10. The van der Waals surface area contributed by atoms with Gasteiger partial charge in [-0.1, -0.05) is 17.7 Å². The summed E-state index contributed by atoms with van der Waals surface area (Å²) >= 11 is 1.35. The van der Waals surface area contributed by atoms with Crippen molar-refractivity contribution in [2.45, 2.75) is 39.5 Å². The minimum atomic E-state index is 0.144. The van der Waals surface area contributed by atoms with Crippen molar-refractivity contribution in [1.29, 1.82) is 0 Å². The minimum absolute atomic E-state index is 0.144. The smallest absolute Gasteiger partial charge is 0.286 e. The maximum absolute atomic E-state index is 12.1. The molecule has 0 aliphatic heterocycles. The van der Waals surface area contributed by atoms with Crippen molar-refractivity contribution in [2.24, 2.45) is 0 Å². The Labute approximate surface area is 108 Å². The molecule has 0 aliphatic carbocycles. The molecule has 0 aromatic heterocycles. The molecule has 0 atom stereocenters. The second-order valence-electron chi connectivity index (χ2n) is 4.27. The van der Waals surface area contributed by atoms with Gasteiger partial charge in [-0.15, -0.1) is 0 Å². The van der Waals surface area contributed by atoms with Crippen molar-refractivity contribution >= 4 is 17.0 Å². The average Bonchev–Trinajstić information content (AvgIpc) is 2.25. The third kappa shape index (κ3) is 3.50. The monoisotopic (exact) mass is 251 g/mol. The summed E-state index contributed by atoms with van der Waals surface area (Å²) in [7, 11) is 0. The van der Waals surface area contributed by atoms with E-state index in [1.807, 2.05) is 18.7 Å². The molecule has 0 heterocycles. The fourth-order valence-electron chi connectivity index (χ4n) is 1.96. The predicted octanol–water partition coefficient (Wildman–Crippen LogP) is 4.17. The molecule has 1 aromatic carbocycles. The molecular formula is C14H21NOS. The lowest BCUT2D eigenvalue weighted by molar-refractivity contribution is 0.228. The average molecular weight is 251 g/mol. The maximum Gasteiger partial charge on any atom is 0.286 e. The van der Waals surface area contributed by atoms with Crippen molar-refractivity contribution in [2.75, 3.05) is 13.1 Å². The van der Waals surface area contributed by atoms with Gasteiger partial charge < -0.3 is 4.90 Å². The molecule has 0 N–H and O–H groups in total. The van der Waals surface area contributed by atoms with E-state index in [0.29, 0.717) is 0 Å². The summed E-state index contributed by atoms with van der Waals surface area (Å²) in [4.78, 5) is 15.0. The first-order valence-corrected chi connectivity index (χ1v) is 6.85. The Morgan fingerprint density at radius 3 is 2.00 bits per heavy atom. The summed E-state index contributed by atoms with van der Waals surface area (Å²) in [5.41, 5.74) is 3.63. The van der Waals surface area contributed by atoms with Crippen LogP contribution in [-0.4, -0.2) is 23.2 Å². The fraction of sp³-hybridized carbons (Fsp3) is 0.500. The van der Waals surface area contributed by atoms with Crippen molar-refractivity contribution < 1.29 is 4.79 Å². The molecule has 0 unspecified atom stereocenters. The van der Waals surface area contributed by atoms with Gasteiger partial charge in [-0.05, 0) is 57.5 Å². The van der Waals surface area contributed by atoms with Gasteiger partial charge in [0.05, 0.1) is 0 Å². The first-order valence-electron chi connectivity index (χ1n) is 6.04. The van der Waals surface area contributed by atoms with Crippen LogP contribution in [0.25, 0.3) is 0 Å². The van der Waals surface area contributed by atoms with Gasteiger partial charge in [0.2, 0.25) is 0 Å². The van der Waals surface area contributed by atoms with Crippen LogP contribution in [-0.2, 0) is 0 Å². The number of hydrogen-bond acceptors (Lipinski definition) is 2. The highest BCUT2D eigenvalue weighted by molar-refractivity contribution is 8.13. The highest BCUT2D eigenvalue weighted by atomic mass is 32.2. The van der Waals surface area contributed by atoms with Crippen LogP contribution in [0, 0.1) is 20.8 Å². The maximum atomic E-state index is 12.1. The zero-order valence-corrected chi connectivity index (χ0v) is 12.1.